The number of rotatable bonds is 7. The first kappa shape index (κ1) is 20.0. The molecular formula is C25H32N2O2. The van der Waals surface area contributed by atoms with Gasteiger partial charge in [-0.3, -0.25) is 4.98 Å². The van der Waals surface area contributed by atoms with Gasteiger partial charge in [-0.1, -0.05) is 43.3 Å². The minimum Gasteiger partial charge on any atom is -0.408 e. The van der Waals surface area contributed by atoms with E-state index in [1.165, 1.54) is 36.8 Å². The van der Waals surface area contributed by atoms with E-state index in [1.807, 2.05) is 12.1 Å². The van der Waals surface area contributed by atoms with Crippen LogP contribution in [-0.4, -0.2) is 16.6 Å². The highest BCUT2D eigenvalue weighted by molar-refractivity contribution is 5.72. The Hall–Kier alpha value is -2.33. The normalized spacial score (nSPS) is 21.9. The monoisotopic (exact) mass is 392 g/mol. The van der Waals surface area contributed by atoms with Gasteiger partial charge in [-0.15, -0.1) is 0 Å². The van der Waals surface area contributed by atoms with E-state index in [9.17, 15) is 4.79 Å². The average molecular weight is 393 g/mol. The van der Waals surface area contributed by atoms with Crippen LogP contribution in [0, 0.1) is 0 Å². The summed E-state index contributed by atoms with van der Waals surface area (Å²) in [6, 6.07) is 17.5. The van der Waals surface area contributed by atoms with Gasteiger partial charge in [0, 0.05) is 11.6 Å². The minimum absolute atomic E-state index is 0.181. The molecule has 0 spiro atoms. The van der Waals surface area contributed by atoms with Crippen LogP contribution in [0.4, 0.5) is 0 Å². The van der Waals surface area contributed by atoms with E-state index in [4.69, 9.17) is 4.42 Å². The van der Waals surface area contributed by atoms with Gasteiger partial charge in [0.1, 0.15) is 0 Å². The van der Waals surface area contributed by atoms with Gasteiger partial charge in [0.15, 0.2) is 5.58 Å². The van der Waals surface area contributed by atoms with Gasteiger partial charge in [0.25, 0.3) is 0 Å². The molecule has 0 aliphatic heterocycles. The van der Waals surface area contributed by atoms with Gasteiger partial charge in [-0.05, 0) is 81.0 Å². The summed E-state index contributed by atoms with van der Waals surface area (Å²) in [5.74, 6) is 0.175. The largest absolute Gasteiger partial charge is 0.417 e. The molecule has 1 aliphatic carbocycles. The van der Waals surface area contributed by atoms with Crippen molar-refractivity contribution in [2.24, 2.45) is 0 Å². The lowest BCUT2D eigenvalue weighted by atomic mass is 9.80. The third kappa shape index (κ3) is 4.81. The number of benzene rings is 2. The topological polar surface area (TPSA) is 58.0 Å². The zero-order chi connectivity index (χ0) is 20.3. The molecule has 3 aromatic rings. The molecule has 1 fully saturated rings. The van der Waals surface area contributed by atoms with E-state index in [0.29, 0.717) is 17.5 Å². The molecule has 4 rings (SSSR count). The molecule has 154 valence electrons. The van der Waals surface area contributed by atoms with Gasteiger partial charge < -0.3 is 9.73 Å². The maximum Gasteiger partial charge on any atom is 0.417 e. The predicted octanol–water partition coefficient (Wildman–Crippen LogP) is 5.54. The molecule has 0 saturated heterocycles. The van der Waals surface area contributed by atoms with Crippen LogP contribution in [0.2, 0.25) is 0 Å². The van der Waals surface area contributed by atoms with E-state index >= 15 is 0 Å². The Morgan fingerprint density at radius 3 is 2.59 bits per heavy atom. The van der Waals surface area contributed by atoms with Crippen LogP contribution in [0.5, 0.6) is 0 Å². The number of aromatic amines is 1. The van der Waals surface area contributed by atoms with Crippen LogP contribution in [0.25, 0.3) is 11.1 Å². The molecule has 1 atom stereocenters. The summed E-state index contributed by atoms with van der Waals surface area (Å²) in [6.07, 6.45) is 8.17. The minimum atomic E-state index is -0.376. The Morgan fingerprint density at radius 1 is 1.10 bits per heavy atom. The lowest BCUT2D eigenvalue weighted by Gasteiger charge is -2.38. The van der Waals surface area contributed by atoms with Crippen molar-refractivity contribution in [3.63, 3.8) is 0 Å². The molecule has 4 nitrogen and oxygen atoms in total. The third-order valence-electron chi connectivity index (χ3n) is 6.78. The van der Waals surface area contributed by atoms with Gasteiger partial charge in [0.2, 0.25) is 0 Å². The van der Waals surface area contributed by atoms with Crippen LogP contribution in [-0.2, 0) is 6.42 Å². The van der Waals surface area contributed by atoms with Crippen LogP contribution in [0.1, 0.15) is 69.4 Å². The molecule has 0 amide bonds. The second kappa shape index (κ2) is 8.58. The highest BCUT2D eigenvalue weighted by Gasteiger charge is 2.29. The number of hydrogen-bond donors (Lipinski definition) is 2. The number of hydrogen-bond acceptors (Lipinski definition) is 3. The van der Waals surface area contributed by atoms with Crippen molar-refractivity contribution in [2.75, 3.05) is 0 Å². The second-order valence-electron chi connectivity index (χ2n) is 8.86. The zero-order valence-corrected chi connectivity index (χ0v) is 17.5. The number of H-pyrrole nitrogens is 1. The smallest absolute Gasteiger partial charge is 0.408 e. The van der Waals surface area contributed by atoms with Crippen LogP contribution >= 0.6 is 0 Å². The number of aryl methyl sites for hydroxylation is 1. The van der Waals surface area contributed by atoms with Crippen LogP contribution in [0.3, 0.4) is 0 Å². The van der Waals surface area contributed by atoms with E-state index < -0.39 is 0 Å². The first-order valence-electron chi connectivity index (χ1n) is 11.0. The van der Waals surface area contributed by atoms with Gasteiger partial charge in [-0.2, -0.15) is 0 Å². The highest BCUT2D eigenvalue weighted by atomic mass is 16.4. The van der Waals surface area contributed by atoms with Crippen molar-refractivity contribution in [2.45, 2.75) is 76.3 Å². The van der Waals surface area contributed by atoms with Crippen molar-refractivity contribution >= 4 is 11.1 Å². The molecule has 0 radical (unpaired) electrons. The van der Waals surface area contributed by atoms with Crippen molar-refractivity contribution in [1.29, 1.82) is 0 Å². The summed E-state index contributed by atoms with van der Waals surface area (Å²) in [7, 11) is 0. The number of nitrogens with one attached hydrogen (secondary N) is 2. The first-order valence-corrected chi connectivity index (χ1v) is 11.0. The summed E-state index contributed by atoms with van der Waals surface area (Å²) in [6.45, 7) is 4.67. The van der Waals surface area contributed by atoms with E-state index in [2.05, 4.69) is 60.5 Å². The fourth-order valence-corrected chi connectivity index (χ4v) is 4.70. The van der Waals surface area contributed by atoms with Crippen molar-refractivity contribution in [3.8, 4) is 0 Å². The Balaban J connectivity index is 1.33. The number of fused-ring (bicyclic) bond motifs is 1. The van der Waals surface area contributed by atoms with Crippen molar-refractivity contribution in [1.82, 2.24) is 10.3 Å². The summed E-state index contributed by atoms with van der Waals surface area (Å²) < 4.78 is 5.24. The summed E-state index contributed by atoms with van der Waals surface area (Å²) in [5, 5.41) is 3.99. The Labute approximate surface area is 172 Å². The highest BCUT2D eigenvalue weighted by Crippen LogP contribution is 2.35. The number of oxazole rings is 1. The predicted molar refractivity (Wildman–Crippen MR) is 118 cm³/mol. The van der Waals surface area contributed by atoms with Crippen molar-refractivity contribution < 1.29 is 4.42 Å². The van der Waals surface area contributed by atoms with E-state index in [-0.39, 0.29) is 11.3 Å². The fraction of sp³-hybridized carbons (Fsp3) is 0.480. The second-order valence-corrected chi connectivity index (χ2v) is 8.86. The molecule has 2 N–H and O–H groups in total. The van der Waals surface area contributed by atoms with Gasteiger partial charge in [-0.25, -0.2) is 4.79 Å². The molecule has 1 saturated carbocycles. The molecule has 1 heterocycles. The lowest BCUT2D eigenvalue weighted by Crippen LogP contribution is -2.49. The summed E-state index contributed by atoms with van der Waals surface area (Å²) >= 11 is 0. The fourth-order valence-electron chi connectivity index (χ4n) is 4.70. The Kier molecular flexibility index (Phi) is 5.91. The molecule has 0 bridgehead atoms. The summed E-state index contributed by atoms with van der Waals surface area (Å²) in [4.78, 5) is 14.1. The molecule has 29 heavy (non-hydrogen) atoms. The SMILES string of the molecule is CC[C@](C)(CCc1ccccc1)NC1CCC(c2ccc3[nH]c(=O)oc3c2)CC1. The van der Waals surface area contributed by atoms with E-state index in [0.717, 1.165) is 24.8 Å². The molecular weight excluding hydrogens is 360 g/mol. The van der Waals surface area contributed by atoms with Crippen molar-refractivity contribution in [3.05, 3.63) is 70.2 Å². The summed E-state index contributed by atoms with van der Waals surface area (Å²) in [5.41, 5.74) is 4.35. The van der Waals surface area contributed by atoms with Crippen LogP contribution in [0.15, 0.2) is 57.7 Å². The maximum absolute atomic E-state index is 11.4. The lowest BCUT2D eigenvalue weighted by molar-refractivity contribution is 0.235. The Bertz CT molecular complexity index is 983. The first-order chi connectivity index (χ1) is 14.0. The Morgan fingerprint density at radius 2 is 1.86 bits per heavy atom. The van der Waals surface area contributed by atoms with Gasteiger partial charge >= 0.3 is 5.76 Å². The third-order valence-corrected chi connectivity index (χ3v) is 6.78. The van der Waals surface area contributed by atoms with Crippen LogP contribution < -0.4 is 11.1 Å². The number of aromatic nitrogens is 1. The molecule has 0 unspecified atom stereocenters. The maximum atomic E-state index is 11.4. The standard InChI is InChI=1S/C25H32N2O2/c1-3-25(2,16-15-18-7-5-4-6-8-18)27-21-12-9-19(10-13-21)20-11-14-22-23(17-20)29-24(28)26-22/h4-8,11,14,17,19,21,27H,3,9-10,12-13,15-16H2,1-2H3,(H,26,28)/t19?,21?,25-/m1/s1. The van der Waals surface area contributed by atoms with E-state index in [1.54, 1.807) is 0 Å². The quantitative estimate of drug-likeness (QED) is 0.555. The van der Waals surface area contributed by atoms with Gasteiger partial charge in [0.05, 0.1) is 5.52 Å². The molecule has 1 aromatic heterocycles. The zero-order valence-electron chi connectivity index (χ0n) is 17.5. The molecule has 1 aliphatic rings. The molecule has 2 aromatic carbocycles. The molecule has 4 heteroatoms. The average Bonchev–Trinajstić information content (AvgIpc) is 3.13.